The van der Waals surface area contributed by atoms with E-state index >= 15 is 0 Å². The predicted molar refractivity (Wildman–Crippen MR) is 216 cm³/mol. The number of benzene rings is 2. The van der Waals surface area contributed by atoms with Crippen molar-refractivity contribution in [2.75, 3.05) is 13.1 Å². The average Bonchev–Trinajstić information content (AvgIpc) is 3.83. The van der Waals surface area contributed by atoms with Crippen LogP contribution in [-0.4, -0.2) is 78.5 Å². The quantitative estimate of drug-likeness (QED) is 0.242. The fourth-order valence-electron chi connectivity index (χ4n) is 7.75. The van der Waals surface area contributed by atoms with Crippen LogP contribution in [0.2, 0.25) is 5.04 Å². The summed E-state index contributed by atoms with van der Waals surface area (Å²) in [6.45, 7) is 15.1. The molecule has 0 saturated carbocycles. The van der Waals surface area contributed by atoms with Crippen LogP contribution in [0.3, 0.4) is 0 Å². The lowest BCUT2D eigenvalue weighted by Crippen LogP contribution is -2.67. The normalized spacial score (nSPS) is 26.1. The Morgan fingerprint density at radius 3 is 2.27 bits per heavy atom. The minimum absolute atomic E-state index is 0.0293. The maximum absolute atomic E-state index is 13.7. The highest BCUT2D eigenvalue weighted by Gasteiger charge is 2.51. The maximum atomic E-state index is 13.7. The van der Waals surface area contributed by atoms with Gasteiger partial charge in [-0.1, -0.05) is 132 Å². The highest BCUT2D eigenvalue weighted by molar-refractivity contribution is 6.99. The third-order valence-electron chi connectivity index (χ3n) is 10.4. The molecule has 2 aromatic carbocycles. The number of aliphatic hydroxyl groups is 1. The minimum atomic E-state index is -3.03. The van der Waals surface area contributed by atoms with E-state index in [1.807, 2.05) is 82.3 Å². The predicted octanol–water partition coefficient (Wildman–Crippen LogP) is 5.91. The third kappa shape index (κ3) is 10.2. The average molecular weight is 768 g/mol. The van der Waals surface area contributed by atoms with Crippen molar-refractivity contribution in [2.45, 2.75) is 104 Å². The Hall–Kier alpha value is -4.58. The molecule has 0 radical (unpaired) electrons. The van der Waals surface area contributed by atoms with E-state index < -0.39 is 44.5 Å². The first-order valence-corrected chi connectivity index (χ1v) is 21.3. The minimum Gasteiger partial charge on any atom is -0.460 e. The maximum Gasteiger partial charge on any atom is 0.329 e. The van der Waals surface area contributed by atoms with E-state index in [-0.39, 0.29) is 47.2 Å². The second-order valence-electron chi connectivity index (χ2n) is 16.1. The molecule has 1 fully saturated rings. The second kappa shape index (κ2) is 18.4. The number of oxazole rings is 1. The summed E-state index contributed by atoms with van der Waals surface area (Å²) in [6.07, 6.45) is 9.78. The molecule has 1 unspecified atom stereocenters. The molecule has 2 amide bonds. The number of aliphatic hydroxyl groups excluding tert-OH is 1. The lowest BCUT2D eigenvalue weighted by atomic mass is 9.94. The number of carbonyl (C=O) groups excluding carboxylic acids is 3. The van der Waals surface area contributed by atoms with Crippen LogP contribution in [0, 0.1) is 11.8 Å². The van der Waals surface area contributed by atoms with Gasteiger partial charge in [0, 0.05) is 25.4 Å². The second-order valence-corrected chi connectivity index (χ2v) is 20.4. The van der Waals surface area contributed by atoms with Crippen molar-refractivity contribution in [1.29, 1.82) is 0 Å². The van der Waals surface area contributed by atoms with Gasteiger partial charge in [0.1, 0.15) is 18.4 Å². The molecule has 2 aliphatic heterocycles. The summed E-state index contributed by atoms with van der Waals surface area (Å²) in [4.78, 5) is 46.1. The monoisotopic (exact) mass is 767 g/mol. The Balaban J connectivity index is 1.51. The summed E-state index contributed by atoms with van der Waals surface area (Å²) in [5, 5.41) is 16.5. The van der Waals surface area contributed by atoms with Gasteiger partial charge in [-0.2, -0.15) is 0 Å². The van der Waals surface area contributed by atoms with E-state index in [0.29, 0.717) is 25.9 Å². The van der Waals surface area contributed by atoms with Gasteiger partial charge in [0.05, 0.1) is 18.6 Å². The fourth-order valence-corrected chi connectivity index (χ4v) is 12.4. The molecule has 3 heterocycles. The molecule has 1 saturated heterocycles. The van der Waals surface area contributed by atoms with Crippen LogP contribution in [0.1, 0.15) is 84.1 Å². The summed E-state index contributed by atoms with van der Waals surface area (Å²) >= 11 is 0. The highest BCUT2D eigenvalue weighted by atomic mass is 28.4. The number of ether oxygens (including phenoxy) is 1. The zero-order valence-electron chi connectivity index (χ0n) is 33.2. The lowest BCUT2D eigenvalue weighted by molar-refractivity contribution is -0.158. The summed E-state index contributed by atoms with van der Waals surface area (Å²) in [5.41, 5.74) is 0.974. The molecule has 55 heavy (non-hydrogen) atoms. The number of fused-ring (bicyclic) bond motifs is 3. The van der Waals surface area contributed by atoms with Gasteiger partial charge < -0.3 is 28.9 Å². The number of hydrogen-bond acceptors (Lipinski definition) is 8. The molecule has 3 aromatic rings. The van der Waals surface area contributed by atoms with Gasteiger partial charge in [-0.3, -0.25) is 9.59 Å². The molecule has 0 aliphatic carbocycles. The number of rotatable bonds is 5. The number of esters is 1. The van der Waals surface area contributed by atoms with E-state index in [2.05, 4.69) is 55.3 Å². The van der Waals surface area contributed by atoms with Crippen molar-refractivity contribution in [3.8, 4) is 0 Å². The van der Waals surface area contributed by atoms with Gasteiger partial charge in [-0.05, 0) is 47.2 Å². The van der Waals surface area contributed by atoms with Crippen LogP contribution in [0.4, 0.5) is 0 Å². The first-order chi connectivity index (χ1) is 26.2. The number of nitrogens with one attached hydrogen (secondary N) is 1. The summed E-state index contributed by atoms with van der Waals surface area (Å²) in [7, 11) is -3.03. The standard InChI is InChI=1S/C44H57N3O7Si/c1-30(2)41-32(4)22-23-39(49)45-24-14-16-31(3)26-34(54-55(44(5,6)7,35-17-10-8-11-18-35)36-19-12-9-13-20-36)27-33(48)28-40-46-37(29-52-40)42(50)47-25-15-21-38(47)43(51)53-41/h8-14,16-20,22-23,26,29-30,32-34,38,41,48H,15,21,24-25,27-28H2,1-7H3,(H,45,49)/b16-14+,23-22+,31-26+/t32-,33?,34-,38-,41-/m1/s1. The van der Waals surface area contributed by atoms with Crippen molar-refractivity contribution in [3.05, 3.63) is 114 Å². The SMILES string of the molecule is CC1=C\[C@@H](O[Si](c2ccccc2)(c2ccccc2)C(C)(C)C)CC(O)Cc2nc(co2)C(=O)N2CCC[C@@H]2C(=O)O[C@H](C(C)C)[C@H](C)/C=C/C(=O)NC\C=C\1. The Kier molecular flexibility index (Phi) is 13.9. The topological polar surface area (TPSA) is 131 Å². The molecule has 11 heteroatoms. The molecular weight excluding hydrogens is 711 g/mol. The van der Waals surface area contributed by atoms with Crippen LogP contribution >= 0.6 is 0 Å². The van der Waals surface area contributed by atoms with Crippen LogP contribution in [0.15, 0.2) is 107 Å². The molecule has 1 aromatic heterocycles. The van der Waals surface area contributed by atoms with Gasteiger partial charge in [-0.15, -0.1) is 0 Å². The number of amides is 2. The number of nitrogens with zero attached hydrogens (tertiary/aromatic N) is 2. The van der Waals surface area contributed by atoms with Crippen molar-refractivity contribution in [2.24, 2.45) is 11.8 Å². The van der Waals surface area contributed by atoms with Crippen molar-refractivity contribution in [1.82, 2.24) is 15.2 Å². The first kappa shape index (κ1) is 41.6. The Morgan fingerprint density at radius 1 is 1.00 bits per heavy atom. The van der Waals surface area contributed by atoms with E-state index in [1.165, 1.54) is 17.2 Å². The van der Waals surface area contributed by atoms with Crippen LogP contribution in [0.25, 0.3) is 0 Å². The lowest BCUT2D eigenvalue weighted by Gasteiger charge is -2.45. The van der Waals surface area contributed by atoms with Crippen LogP contribution < -0.4 is 15.7 Å². The zero-order valence-corrected chi connectivity index (χ0v) is 34.2. The number of allylic oxidation sites excluding steroid dienone is 2. The molecule has 2 aliphatic rings. The van der Waals surface area contributed by atoms with E-state index in [4.69, 9.17) is 13.6 Å². The molecule has 2 bridgehead atoms. The molecule has 294 valence electrons. The third-order valence-corrected chi connectivity index (χ3v) is 15.5. The Morgan fingerprint density at radius 2 is 1.65 bits per heavy atom. The summed E-state index contributed by atoms with van der Waals surface area (Å²) in [6, 6.07) is 19.9. The van der Waals surface area contributed by atoms with Crippen molar-refractivity contribution in [3.63, 3.8) is 0 Å². The van der Waals surface area contributed by atoms with Gasteiger partial charge in [0.15, 0.2) is 11.6 Å². The smallest absolute Gasteiger partial charge is 0.329 e. The molecule has 0 spiro atoms. The Bertz CT molecular complexity index is 1810. The van der Waals surface area contributed by atoms with Gasteiger partial charge in [0.25, 0.3) is 14.2 Å². The highest BCUT2D eigenvalue weighted by Crippen LogP contribution is 2.38. The fraction of sp³-hybridized carbons (Fsp3) is 0.455. The van der Waals surface area contributed by atoms with Crippen LogP contribution in [0.5, 0.6) is 0 Å². The first-order valence-electron chi connectivity index (χ1n) is 19.4. The van der Waals surface area contributed by atoms with Crippen molar-refractivity contribution < 1.29 is 33.1 Å². The van der Waals surface area contributed by atoms with E-state index in [0.717, 1.165) is 15.9 Å². The largest absolute Gasteiger partial charge is 0.460 e. The van der Waals surface area contributed by atoms with Gasteiger partial charge >= 0.3 is 5.97 Å². The van der Waals surface area contributed by atoms with Crippen LogP contribution in [-0.2, 0) is 25.2 Å². The zero-order chi connectivity index (χ0) is 39.8. The molecule has 2 N–H and O–H groups in total. The molecular formula is C44H57N3O7Si. The number of aromatic nitrogens is 1. The summed E-state index contributed by atoms with van der Waals surface area (Å²) < 4.78 is 19.2. The van der Waals surface area contributed by atoms with Crippen molar-refractivity contribution >= 4 is 36.5 Å². The Labute approximate surface area is 326 Å². The number of carbonyl (C=O) groups is 3. The molecule has 5 atom stereocenters. The van der Waals surface area contributed by atoms with Gasteiger partial charge in [0.2, 0.25) is 5.91 Å². The molecule has 5 rings (SSSR count). The molecule has 10 nitrogen and oxygen atoms in total. The van der Waals surface area contributed by atoms with Gasteiger partial charge in [-0.25, -0.2) is 9.78 Å². The summed E-state index contributed by atoms with van der Waals surface area (Å²) in [5.74, 6) is -1.23. The van der Waals surface area contributed by atoms with E-state index in [1.54, 1.807) is 6.08 Å². The number of cyclic esters (lactones) is 1. The number of hydrogen-bond donors (Lipinski definition) is 2. The van der Waals surface area contributed by atoms with E-state index in [9.17, 15) is 19.5 Å².